The molecular weight excluding hydrogens is 196 g/mol. The number of rotatable bonds is 1. The SMILES string of the molecule is C1=C(c2ccccc2)N=NC12CCCCC2. The molecule has 1 saturated carbocycles. The van der Waals surface area contributed by atoms with Crippen molar-refractivity contribution in [3.05, 3.63) is 42.0 Å². The molecule has 0 aromatic heterocycles. The normalized spacial score (nSPS) is 22.4. The minimum Gasteiger partial charge on any atom is -0.178 e. The molecule has 16 heavy (non-hydrogen) atoms. The van der Waals surface area contributed by atoms with E-state index in [4.69, 9.17) is 0 Å². The molecule has 2 heteroatoms. The second kappa shape index (κ2) is 3.85. The van der Waals surface area contributed by atoms with Crippen LogP contribution in [0.3, 0.4) is 0 Å². The molecule has 0 bridgehead atoms. The topological polar surface area (TPSA) is 24.7 Å². The van der Waals surface area contributed by atoms with E-state index in [0.29, 0.717) is 0 Å². The summed E-state index contributed by atoms with van der Waals surface area (Å²) in [6, 6.07) is 10.3. The van der Waals surface area contributed by atoms with Gasteiger partial charge in [-0.3, -0.25) is 0 Å². The van der Waals surface area contributed by atoms with Gasteiger partial charge < -0.3 is 0 Å². The molecule has 0 radical (unpaired) electrons. The highest BCUT2D eigenvalue weighted by atomic mass is 15.2. The molecule has 0 amide bonds. The first kappa shape index (κ1) is 9.76. The standard InChI is InChI=1S/C14H16N2/c1-3-7-12(8-4-1)13-11-14(16-15-13)9-5-2-6-10-14/h1,3-4,7-8,11H,2,5-6,9-10H2. The Morgan fingerprint density at radius 3 is 2.44 bits per heavy atom. The van der Waals surface area contributed by atoms with Gasteiger partial charge in [-0.25, -0.2) is 0 Å². The lowest BCUT2D eigenvalue weighted by Gasteiger charge is -2.26. The zero-order valence-corrected chi connectivity index (χ0v) is 9.39. The molecule has 2 aliphatic rings. The molecule has 3 rings (SSSR count). The molecule has 0 N–H and O–H groups in total. The third kappa shape index (κ3) is 1.69. The number of hydrogen-bond acceptors (Lipinski definition) is 2. The largest absolute Gasteiger partial charge is 0.178 e. The van der Waals surface area contributed by atoms with Gasteiger partial charge in [-0.05, 0) is 18.9 Å². The van der Waals surface area contributed by atoms with Crippen LogP contribution in [0.15, 0.2) is 46.6 Å². The van der Waals surface area contributed by atoms with Gasteiger partial charge in [0.15, 0.2) is 0 Å². The Morgan fingerprint density at radius 2 is 1.69 bits per heavy atom. The lowest BCUT2D eigenvalue weighted by Crippen LogP contribution is -2.24. The first-order valence-electron chi connectivity index (χ1n) is 6.09. The number of hydrogen-bond donors (Lipinski definition) is 0. The summed E-state index contributed by atoms with van der Waals surface area (Å²) >= 11 is 0. The Labute approximate surface area is 96.1 Å². The van der Waals surface area contributed by atoms with Crippen molar-refractivity contribution < 1.29 is 0 Å². The summed E-state index contributed by atoms with van der Waals surface area (Å²) in [5.41, 5.74) is 2.29. The molecule has 0 unspecified atom stereocenters. The lowest BCUT2D eigenvalue weighted by atomic mass is 9.82. The highest BCUT2D eigenvalue weighted by Gasteiger charge is 2.33. The fourth-order valence-corrected chi connectivity index (χ4v) is 2.62. The summed E-state index contributed by atoms with van der Waals surface area (Å²) in [6.07, 6.45) is 8.56. The van der Waals surface area contributed by atoms with Crippen LogP contribution in [-0.2, 0) is 0 Å². The van der Waals surface area contributed by atoms with Gasteiger partial charge in [0.05, 0.1) is 5.70 Å². The first-order valence-corrected chi connectivity index (χ1v) is 6.09. The molecule has 1 aliphatic carbocycles. The van der Waals surface area contributed by atoms with Crippen LogP contribution in [0.1, 0.15) is 37.7 Å². The predicted molar refractivity (Wildman–Crippen MR) is 65.1 cm³/mol. The van der Waals surface area contributed by atoms with E-state index in [1.165, 1.54) is 37.7 Å². The number of benzene rings is 1. The quantitative estimate of drug-likeness (QED) is 0.666. The summed E-state index contributed by atoms with van der Waals surface area (Å²) in [6.45, 7) is 0. The summed E-state index contributed by atoms with van der Waals surface area (Å²) in [4.78, 5) is 0. The van der Waals surface area contributed by atoms with Gasteiger partial charge in [-0.2, -0.15) is 10.2 Å². The molecule has 0 saturated heterocycles. The Kier molecular flexibility index (Phi) is 2.35. The van der Waals surface area contributed by atoms with Gasteiger partial charge >= 0.3 is 0 Å². The van der Waals surface area contributed by atoms with Crippen LogP contribution in [0.4, 0.5) is 0 Å². The van der Waals surface area contributed by atoms with Crippen molar-refractivity contribution in [2.75, 3.05) is 0 Å². The Bertz CT molecular complexity index is 425. The van der Waals surface area contributed by atoms with Gasteiger partial charge in [0.2, 0.25) is 0 Å². The van der Waals surface area contributed by atoms with E-state index in [1.807, 2.05) is 6.07 Å². The van der Waals surface area contributed by atoms with Gasteiger partial charge in [0.25, 0.3) is 0 Å². The van der Waals surface area contributed by atoms with Crippen LogP contribution in [0.5, 0.6) is 0 Å². The van der Waals surface area contributed by atoms with E-state index in [1.54, 1.807) is 0 Å². The Balaban J connectivity index is 1.90. The van der Waals surface area contributed by atoms with Crippen LogP contribution >= 0.6 is 0 Å². The van der Waals surface area contributed by atoms with Crippen LogP contribution in [0.2, 0.25) is 0 Å². The monoisotopic (exact) mass is 212 g/mol. The molecule has 1 aromatic rings. The zero-order chi connectivity index (χ0) is 10.8. The Morgan fingerprint density at radius 1 is 0.938 bits per heavy atom. The molecule has 1 aliphatic heterocycles. The van der Waals surface area contributed by atoms with Gasteiger partial charge in [0, 0.05) is 5.56 Å². The van der Waals surface area contributed by atoms with Crippen molar-refractivity contribution in [3.8, 4) is 0 Å². The summed E-state index contributed by atoms with van der Waals surface area (Å²) in [5, 5.41) is 8.89. The second-order valence-electron chi connectivity index (χ2n) is 4.76. The third-order valence-corrected chi connectivity index (χ3v) is 3.55. The highest BCUT2D eigenvalue weighted by molar-refractivity contribution is 5.67. The van der Waals surface area contributed by atoms with Gasteiger partial charge in [0.1, 0.15) is 5.54 Å². The molecule has 0 atom stereocenters. The van der Waals surface area contributed by atoms with Crippen molar-refractivity contribution in [2.45, 2.75) is 37.6 Å². The maximum Gasteiger partial charge on any atom is 0.102 e. The molecule has 1 spiro atoms. The molecule has 1 aromatic carbocycles. The van der Waals surface area contributed by atoms with Gasteiger partial charge in [-0.15, -0.1) is 0 Å². The molecule has 2 nitrogen and oxygen atoms in total. The maximum absolute atomic E-state index is 4.52. The van der Waals surface area contributed by atoms with Crippen molar-refractivity contribution >= 4 is 5.70 Å². The van der Waals surface area contributed by atoms with Crippen LogP contribution < -0.4 is 0 Å². The fourth-order valence-electron chi connectivity index (χ4n) is 2.62. The van der Waals surface area contributed by atoms with E-state index in [0.717, 1.165) is 5.70 Å². The van der Waals surface area contributed by atoms with Crippen molar-refractivity contribution in [3.63, 3.8) is 0 Å². The summed E-state index contributed by atoms with van der Waals surface area (Å²) in [7, 11) is 0. The maximum atomic E-state index is 4.52. The molecule has 1 fully saturated rings. The average molecular weight is 212 g/mol. The highest BCUT2D eigenvalue weighted by Crippen LogP contribution is 2.40. The predicted octanol–water partition coefficient (Wildman–Crippen LogP) is 4.20. The third-order valence-electron chi connectivity index (χ3n) is 3.55. The van der Waals surface area contributed by atoms with E-state index in [-0.39, 0.29) is 5.54 Å². The van der Waals surface area contributed by atoms with Crippen molar-refractivity contribution in [2.24, 2.45) is 10.2 Å². The second-order valence-corrected chi connectivity index (χ2v) is 4.76. The fraction of sp³-hybridized carbons (Fsp3) is 0.429. The van der Waals surface area contributed by atoms with E-state index < -0.39 is 0 Å². The number of nitrogens with zero attached hydrogens (tertiary/aromatic N) is 2. The number of azo groups is 1. The van der Waals surface area contributed by atoms with Crippen LogP contribution in [-0.4, -0.2) is 5.54 Å². The Hall–Kier alpha value is -1.44. The van der Waals surface area contributed by atoms with Crippen molar-refractivity contribution in [1.29, 1.82) is 0 Å². The molecule has 82 valence electrons. The van der Waals surface area contributed by atoms with Crippen molar-refractivity contribution in [1.82, 2.24) is 0 Å². The molecule has 1 heterocycles. The minimum atomic E-state index is 0.0451. The average Bonchev–Trinajstić information content (AvgIpc) is 2.75. The summed E-state index contributed by atoms with van der Waals surface area (Å²) in [5.74, 6) is 0. The van der Waals surface area contributed by atoms with E-state index >= 15 is 0 Å². The minimum absolute atomic E-state index is 0.0451. The van der Waals surface area contributed by atoms with Crippen LogP contribution in [0, 0.1) is 0 Å². The molecular formula is C14H16N2. The zero-order valence-electron chi connectivity index (χ0n) is 9.39. The van der Waals surface area contributed by atoms with E-state index in [9.17, 15) is 0 Å². The smallest absolute Gasteiger partial charge is 0.102 e. The van der Waals surface area contributed by atoms with Crippen LogP contribution in [0.25, 0.3) is 5.70 Å². The van der Waals surface area contributed by atoms with E-state index in [2.05, 4.69) is 40.6 Å². The first-order chi connectivity index (χ1) is 7.88. The summed E-state index contributed by atoms with van der Waals surface area (Å²) < 4.78 is 0. The lowest BCUT2D eigenvalue weighted by molar-refractivity contribution is 0.358. The van der Waals surface area contributed by atoms with Gasteiger partial charge in [-0.1, -0.05) is 49.6 Å².